The van der Waals surface area contributed by atoms with Crippen molar-refractivity contribution in [2.24, 2.45) is 0 Å². The Labute approximate surface area is 183 Å². The monoisotopic (exact) mass is 433 g/mol. The summed E-state index contributed by atoms with van der Waals surface area (Å²) in [7, 11) is 1.21. The second kappa shape index (κ2) is 9.06. The van der Waals surface area contributed by atoms with E-state index in [4.69, 9.17) is 4.74 Å². The maximum atomic E-state index is 12.4. The molecule has 0 aromatic heterocycles. The highest BCUT2D eigenvalue weighted by Crippen LogP contribution is 2.32. The summed E-state index contributed by atoms with van der Waals surface area (Å²) in [6.07, 6.45) is 1.62. The third-order valence-corrected chi connectivity index (χ3v) is 5.69. The fourth-order valence-corrected chi connectivity index (χ4v) is 3.98. The average Bonchev–Trinajstić information content (AvgIpc) is 3.05. The lowest BCUT2D eigenvalue weighted by Crippen LogP contribution is -2.34. The zero-order valence-corrected chi connectivity index (χ0v) is 17.6. The molecule has 31 heavy (non-hydrogen) atoms. The molecule has 3 aromatic carbocycles. The van der Waals surface area contributed by atoms with Crippen molar-refractivity contribution in [1.29, 1.82) is 0 Å². The topological polar surface area (TPSA) is 72.9 Å². The van der Waals surface area contributed by atoms with Gasteiger partial charge in [-0.3, -0.25) is 19.3 Å². The first-order chi connectivity index (χ1) is 15.0. The van der Waals surface area contributed by atoms with Crippen LogP contribution in [-0.4, -0.2) is 35.7 Å². The summed E-state index contributed by atoms with van der Waals surface area (Å²) < 4.78 is 10.4. The molecule has 6 nitrogen and oxygen atoms in total. The predicted octanol–water partition coefficient (Wildman–Crippen LogP) is 4.63. The fraction of sp³-hybridized carbons (Fsp3) is 0.125. The molecular weight excluding hydrogens is 414 g/mol. The fourth-order valence-electron chi connectivity index (χ4n) is 3.14. The molecule has 0 unspecified atom stereocenters. The third kappa shape index (κ3) is 4.78. The zero-order valence-electron chi connectivity index (χ0n) is 16.7. The highest BCUT2D eigenvalue weighted by Gasteiger charge is 2.36. The van der Waals surface area contributed by atoms with E-state index in [9.17, 15) is 14.4 Å². The molecule has 3 aromatic rings. The first-order valence-corrected chi connectivity index (χ1v) is 10.4. The van der Waals surface area contributed by atoms with Crippen molar-refractivity contribution in [3.8, 4) is 5.75 Å². The number of benzene rings is 3. The first kappa shape index (κ1) is 20.7. The van der Waals surface area contributed by atoms with E-state index in [1.165, 1.54) is 17.9 Å². The van der Waals surface area contributed by atoms with E-state index < -0.39 is 17.1 Å². The van der Waals surface area contributed by atoms with Gasteiger partial charge in [-0.15, -0.1) is 0 Å². The van der Waals surface area contributed by atoms with Crippen LogP contribution in [0.5, 0.6) is 5.75 Å². The van der Waals surface area contributed by atoms with Crippen molar-refractivity contribution in [2.75, 3.05) is 13.7 Å². The molecule has 1 aliphatic rings. The van der Waals surface area contributed by atoms with Crippen molar-refractivity contribution in [3.05, 3.63) is 82.8 Å². The number of rotatable bonds is 6. The van der Waals surface area contributed by atoms with Gasteiger partial charge in [-0.25, -0.2) is 0 Å². The van der Waals surface area contributed by atoms with E-state index >= 15 is 0 Å². The maximum absolute atomic E-state index is 12.4. The van der Waals surface area contributed by atoms with Crippen LogP contribution in [0.15, 0.2) is 71.6 Å². The SMILES string of the molecule is COC(=O)CN1C(=O)S/C(=C\c2ccc(OCc3ccc4ccccc4c3)cc2)C1=O. The van der Waals surface area contributed by atoms with Crippen LogP contribution in [0.3, 0.4) is 0 Å². The smallest absolute Gasteiger partial charge is 0.325 e. The number of hydrogen-bond donors (Lipinski definition) is 0. The number of methoxy groups -OCH3 is 1. The molecule has 0 spiro atoms. The summed E-state index contributed by atoms with van der Waals surface area (Å²) in [6, 6.07) is 21.6. The van der Waals surface area contributed by atoms with E-state index in [2.05, 4.69) is 29.0 Å². The lowest BCUT2D eigenvalue weighted by atomic mass is 10.1. The van der Waals surface area contributed by atoms with E-state index in [1.807, 2.05) is 42.5 Å². The molecule has 1 aliphatic heterocycles. The zero-order chi connectivity index (χ0) is 21.8. The van der Waals surface area contributed by atoms with Gasteiger partial charge in [0.05, 0.1) is 12.0 Å². The molecule has 0 N–H and O–H groups in total. The Morgan fingerprint density at radius 2 is 1.74 bits per heavy atom. The molecular formula is C24H19NO5S. The highest BCUT2D eigenvalue weighted by molar-refractivity contribution is 8.18. The predicted molar refractivity (Wildman–Crippen MR) is 119 cm³/mol. The standard InChI is InChI=1S/C24H19NO5S/c1-29-22(26)14-25-23(27)21(31-24(25)28)13-16-7-10-20(11-8-16)30-15-17-6-9-18-4-2-3-5-19(18)12-17/h2-13H,14-15H2,1H3/b21-13-. The van der Waals surface area contributed by atoms with E-state index in [1.54, 1.807) is 6.08 Å². The van der Waals surface area contributed by atoms with Crippen LogP contribution in [0, 0.1) is 0 Å². The van der Waals surface area contributed by atoms with Gasteiger partial charge in [0.1, 0.15) is 18.9 Å². The molecule has 1 saturated heterocycles. The van der Waals surface area contributed by atoms with Crippen LogP contribution in [0.2, 0.25) is 0 Å². The third-order valence-electron chi connectivity index (χ3n) is 4.79. The Hall–Kier alpha value is -3.58. The number of ether oxygens (including phenoxy) is 2. The van der Waals surface area contributed by atoms with Crippen LogP contribution < -0.4 is 4.74 Å². The van der Waals surface area contributed by atoms with Crippen molar-refractivity contribution in [2.45, 2.75) is 6.61 Å². The van der Waals surface area contributed by atoms with Crippen LogP contribution in [-0.2, 0) is 20.9 Å². The largest absolute Gasteiger partial charge is 0.489 e. The number of carbonyl (C=O) groups is 3. The van der Waals surface area contributed by atoms with E-state index in [0.29, 0.717) is 12.4 Å². The minimum absolute atomic E-state index is 0.263. The van der Waals surface area contributed by atoms with Crippen molar-refractivity contribution >= 4 is 45.7 Å². The normalized spacial score (nSPS) is 15.0. The van der Waals surface area contributed by atoms with Crippen molar-refractivity contribution < 1.29 is 23.9 Å². The molecule has 156 valence electrons. The van der Waals surface area contributed by atoms with Crippen LogP contribution >= 0.6 is 11.8 Å². The molecule has 1 fully saturated rings. The van der Waals surface area contributed by atoms with Gasteiger partial charge in [-0.05, 0) is 57.9 Å². The molecule has 0 radical (unpaired) electrons. The number of hydrogen-bond acceptors (Lipinski definition) is 6. The van der Waals surface area contributed by atoms with Gasteiger partial charge in [0.2, 0.25) is 0 Å². The molecule has 1 heterocycles. The number of amides is 2. The van der Waals surface area contributed by atoms with Gasteiger partial charge in [0.15, 0.2) is 0 Å². The molecule has 0 aliphatic carbocycles. The number of imide groups is 1. The molecule has 0 saturated carbocycles. The van der Waals surface area contributed by atoms with Gasteiger partial charge in [-0.1, -0.05) is 48.5 Å². The molecule has 0 atom stereocenters. The number of carbonyl (C=O) groups excluding carboxylic acids is 3. The summed E-state index contributed by atoms with van der Waals surface area (Å²) in [6.45, 7) is 0.0522. The average molecular weight is 433 g/mol. The lowest BCUT2D eigenvalue weighted by molar-refractivity contribution is -0.143. The number of nitrogens with zero attached hydrogens (tertiary/aromatic N) is 1. The Kier molecular flexibility index (Phi) is 6.04. The highest BCUT2D eigenvalue weighted by atomic mass is 32.2. The Morgan fingerprint density at radius 3 is 2.48 bits per heavy atom. The van der Waals surface area contributed by atoms with Gasteiger partial charge in [0, 0.05) is 0 Å². The van der Waals surface area contributed by atoms with E-state index in [0.717, 1.165) is 27.8 Å². The summed E-state index contributed by atoms with van der Waals surface area (Å²) in [5.74, 6) is -0.447. The van der Waals surface area contributed by atoms with Gasteiger partial charge in [0.25, 0.3) is 11.1 Å². The molecule has 4 rings (SSSR count). The summed E-state index contributed by atoms with van der Waals surface area (Å²) in [5, 5.41) is 1.86. The minimum atomic E-state index is -0.642. The Bertz CT molecular complexity index is 1190. The first-order valence-electron chi connectivity index (χ1n) is 9.56. The summed E-state index contributed by atoms with van der Waals surface area (Å²) in [5.41, 5.74) is 1.82. The minimum Gasteiger partial charge on any atom is -0.489 e. The second-order valence-corrected chi connectivity index (χ2v) is 7.88. The van der Waals surface area contributed by atoms with Crippen LogP contribution in [0.4, 0.5) is 4.79 Å². The number of esters is 1. The van der Waals surface area contributed by atoms with Gasteiger partial charge < -0.3 is 9.47 Å². The molecule has 0 bridgehead atoms. The van der Waals surface area contributed by atoms with Crippen LogP contribution in [0.25, 0.3) is 16.8 Å². The molecule has 2 amide bonds. The van der Waals surface area contributed by atoms with E-state index in [-0.39, 0.29) is 11.4 Å². The summed E-state index contributed by atoms with van der Waals surface area (Å²) in [4.78, 5) is 36.9. The Balaban J connectivity index is 1.40. The Morgan fingerprint density at radius 1 is 1.00 bits per heavy atom. The van der Waals surface area contributed by atoms with Crippen molar-refractivity contribution in [1.82, 2.24) is 4.90 Å². The van der Waals surface area contributed by atoms with Crippen molar-refractivity contribution in [3.63, 3.8) is 0 Å². The van der Waals surface area contributed by atoms with Crippen LogP contribution in [0.1, 0.15) is 11.1 Å². The maximum Gasteiger partial charge on any atom is 0.325 e. The second-order valence-electron chi connectivity index (χ2n) is 6.88. The quantitative estimate of drug-likeness (QED) is 0.417. The van der Waals surface area contributed by atoms with Gasteiger partial charge in [-0.2, -0.15) is 0 Å². The lowest BCUT2D eigenvalue weighted by Gasteiger charge is -2.09. The number of fused-ring (bicyclic) bond motifs is 1. The molecule has 7 heteroatoms. The summed E-state index contributed by atoms with van der Waals surface area (Å²) >= 11 is 0.801. The van der Waals surface area contributed by atoms with Gasteiger partial charge >= 0.3 is 5.97 Å². The number of thioether (sulfide) groups is 1.